The summed E-state index contributed by atoms with van der Waals surface area (Å²) in [5.41, 5.74) is -1.80. The van der Waals surface area contributed by atoms with Gasteiger partial charge in [-0.2, -0.15) is 0 Å². The average Bonchev–Trinajstić information content (AvgIpc) is 2.60. The normalized spacial score (nSPS) is 41.6. The molecule has 0 aromatic carbocycles. The quantitative estimate of drug-likeness (QED) is 0.679. The van der Waals surface area contributed by atoms with Crippen LogP contribution in [0.15, 0.2) is 12.2 Å². The Morgan fingerprint density at radius 3 is 2.35 bits per heavy atom. The minimum Gasteiger partial charge on any atom is -0.389 e. The molecule has 0 aromatic rings. The van der Waals surface area contributed by atoms with Crippen LogP contribution in [0, 0.1) is 5.41 Å². The van der Waals surface area contributed by atoms with Gasteiger partial charge in [0.05, 0.1) is 6.10 Å². The maximum Gasteiger partial charge on any atom is 0.164 e. The van der Waals surface area contributed by atoms with Crippen LogP contribution in [-0.2, 0) is 9.47 Å². The number of fused-ring (bicyclic) bond motifs is 1. The molecule has 4 heteroatoms. The lowest BCUT2D eigenvalue weighted by Gasteiger charge is -2.39. The first-order valence-electron chi connectivity index (χ1n) is 6.02. The van der Waals surface area contributed by atoms with E-state index in [9.17, 15) is 10.2 Å². The molecule has 2 N–H and O–H groups in total. The highest BCUT2D eigenvalue weighted by atomic mass is 16.8. The van der Waals surface area contributed by atoms with Gasteiger partial charge in [-0.05, 0) is 25.3 Å². The topological polar surface area (TPSA) is 58.9 Å². The first kappa shape index (κ1) is 13.0. The van der Waals surface area contributed by atoms with Crippen molar-refractivity contribution >= 4 is 0 Å². The van der Waals surface area contributed by atoms with Gasteiger partial charge in [0, 0.05) is 0 Å². The maximum absolute atomic E-state index is 10.7. The third-order valence-electron chi connectivity index (χ3n) is 3.40. The molecule has 0 amide bonds. The van der Waals surface area contributed by atoms with E-state index in [4.69, 9.17) is 9.47 Å². The molecule has 0 saturated carbocycles. The highest BCUT2D eigenvalue weighted by Crippen LogP contribution is 2.44. The summed E-state index contributed by atoms with van der Waals surface area (Å²) in [6, 6.07) is 0. The SMILES string of the molecule is CC1(C)O[C@H]2C=C[C@@](O)([C@@H](O)C(C)(C)C)[C@H]2O1. The second kappa shape index (κ2) is 3.54. The second-order valence-electron chi connectivity index (χ2n) is 6.54. The van der Waals surface area contributed by atoms with Gasteiger partial charge in [-0.15, -0.1) is 0 Å². The number of rotatable bonds is 1. The van der Waals surface area contributed by atoms with Gasteiger partial charge < -0.3 is 19.7 Å². The van der Waals surface area contributed by atoms with Gasteiger partial charge in [0.25, 0.3) is 0 Å². The Bertz CT molecular complexity index is 342. The number of ether oxygens (including phenoxy) is 2. The van der Waals surface area contributed by atoms with Crippen molar-refractivity contribution in [1.29, 1.82) is 0 Å². The molecular formula is C13H22O4. The van der Waals surface area contributed by atoms with Gasteiger partial charge in [0.1, 0.15) is 17.8 Å². The van der Waals surface area contributed by atoms with E-state index >= 15 is 0 Å². The second-order valence-corrected chi connectivity index (χ2v) is 6.54. The molecule has 0 spiro atoms. The monoisotopic (exact) mass is 242 g/mol. The van der Waals surface area contributed by atoms with Crippen molar-refractivity contribution in [2.24, 2.45) is 5.41 Å². The fourth-order valence-electron chi connectivity index (χ4n) is 2.57. The van der Waals surface area contributed by atoms with Crippen molar-refractivity contribution in [1.82, 2.24) is 0 Å². The third-order valence-corrected chi connectivity index (χ3v) is 3.40. The molecule has 0 radical (unpaired) electrons. The highest BCUT2D eigenvalue weighted by molar-refractivity contribution is 5.25. The summed E-state index contributed by atoms with van der Waals surface area (Å²) in [5, 5.41) is 21.0. The lowest BCUT2D eigenvalue weighted by molar-refractivity contribution is -0.191. The van der Waals surface area contributed by atoms with E-state index in [1.54, 1.807) is 12.2 Å². The van der Waals surface area contributed by atoms with Crippen molar-refractivity contribution in [2.75, 3.05) is 0 Å². The lowest BCUT2D eigenvalue weighted by atomic mass is 9.77. The van der Waals surface area contributed by atoms with E-state index in [0.717, 1.165) is 0 Å². The van der Waals surface area contributed by atoms with Crippen LogP contribution in [0.2, 0.25) is 0 Å². The Hall–Kier alpha value is -0.420. The van der Waals surface area contributed by atoms with E-state index in [0.29, 0.717) is 0 Å². The van der Waals surface area contributed by atoms with Crippen LogP contribution in [-0.4, -0.2) is 39.9 Å². The van der Waals surface area contributed by atoms with Crippen LogP contribution in [0.5, 0.6) is 0 Å². The average molecular weight is 242 g/mol. The molecule has 0 unspecified atom stereocenters. The van der Waals surface area contributed by atoms with E-state index in [1.807, 2.05) is 34.6 Å². The van der Waals surface area contributed by atoms with Gasteiger partial charge >= 0.3 is 0 Å². The summed E-state index contributed by atoms with van der Waals surface area (Å²) in [5.74, 6) is -0.717. The largest absolute Gasteiger partial charge is 0.389 e. The molecule has 4 atom stereocenters. The van der Waals surface area contributed by atoms with E-state index < -0.39 is 29.0 Å². The molecule has 2 aliphatic rings. The van der Waals surface area contributed by atoms with Crippen molar-refractivity contribution < 1.29 is 19.7 Å². The fourth-order valence-corrected chi connectivity index (χ4v) is 2.57. The Morgan fingerprint density at radius 1 is 1.24 bits per heavy atom. The molecule has 98 valence electrons. The van der Waals surface area contributed by atoms with Gasteiger partial charge in [0.2, 0.25) is 0 Å². The van der Waals surface area contributed by atoms with E-state index in [-0.39, 0.29) is 6.10 Å². The Labute approximate surface area is 102 Å². The van der Waals surface area contributed by atoms with E-state index in [1.165, 1.54) is 0 Å². The van der Waals surface area contributed by atoms with Gasteiger partial charge in [0.15, 0.2) is 5.79 Å². The predicted octanol–water partition coefficient (Wildman–Crippen LogP) is 1.21. The van der Waals surface area contributed by atoms with Crippen molar-refractivity contribution in [3.63, 3.8) is 0 Å². The van der Waals surface area contributed by atoms with Gasteiger partial charge in [-0.3, -0.25) is 0 Å². The van der Waals surface area contributed by atoms with Crippen molar-refractivity contribution in [3.8, 4) is 0 Å². The molecular weight excluding hydrogens is 220 g/mol. The summed E-state index contributed by atoms with van der Waals surface area (Å²) < 4.78 is 11.4. The van der Waals surface area contributed by atoms with Gasteiger partial charge in [-0.25, -0.2) is 0 Å². The molecule has 1 fully saturated rings. The van der Waals surface area contributed by atoms with Gasteiger partial charge in [-0.1, -0.05) is 26.8 Å². The maximum atomic E-state index is 10.7. The molecule has 1 saturated heterocycles. The third kappa shape index (κ3) is 2.03. The van der Waals surface area contributed by atoms with E-state index in [2.05, 4.69) is 0 Å². The summed E-state index contributed by atoms with van der Waals surface area (Å²) >= 11 is 0. The Kier molecular flexibility index (Phi) is 2.71. The van der Waals surface area contributed by atoms with Crippen LogP contribution in [0.1, 0.15) is 34.6 Å². The van der Waals surface area contributed by atoms with Crippen LogP contribution in [0.4, 0.5) is 0 Å². The molecule has 0 bridgehead atoms. The molecule has 17 heavy (non-hydrogen) atoms. The van der Waals surface area contributed by atoms with Crippen LogP contribution in [0.3, 0.4) is 0 Å². The molecule has 0 aromatic heterocycles. The summed E-state index contributed by atoms with van der Waals surface area (Å²) in [6.07, 6.45) is 1.65. The fraction of sp³-hybridized carbons (Fsp3) is 0.846. The number of aliphatic hydroxyl groups is 2. The van der Waals surface area contributed by atoms with Crippen molar-refractivity contribution in [2.45, 2.75) is 64.3 Å². The van der Waals surface area contributed by atoms with Crippen LogP contribution in [0.25, 0.3) is 0 Å². The Balaban J connectivity index is 2.26. The number of hydrogen-bond acceptors (Lipinski definition) is 4. The van der Waals surface area contributed by atoms with Crippen LogP contribution >= 0.6 is 0 Å². The summed E-state index contributed by atoms with van der Waals surface area (Å²) in [4.78, 5) is 0. The zero-order chi connectivity index (χ0) is 13.1. The lowest BCUT2D eigenvalue weighted by Crippen LogP contribution is -2.56. The van der Waals surface area contributed by atoms with Crippen molar-refractivity contribution in [3.05, 3.63) is 12.2 Å². The first-order valence-corrected chi connectivity index (χ1v) is 6.02. The zero-order valence-electron chi connectivity index (χ0n) is 11.1. The summed E-state index contributed by atoms with van der Waals surface area (Å²) in [6.45, 7) is 9.28. The molecule has 1 heterocycles. The predicted molar refractivity (Wildman–Crippen MR) is 63.4 cm³/mol. The standard InChI is InChI=1S/C13H22O4/c1-11(2,3)10(14)13(15)7-6-8-9(13)17-12(4,5)16-8/h6-10,14-15H,1-5H3/t8-,9-,10-,13-/m0/s1. The minimum atomic E-state index is -1.38. The zero-order valence-corrected chi connectivity index (χ0v) is 11.1. The van der Waals surface area contributed by atoms with Crippen LogP contribution < -0.4 is 0 Å². The Morgan fingerprint density at radius 2 is 1.82 bits per heavy atom. The molecule has 2 rings (SSSR count). The number of aliphatic hydroxyl groups excluding tert-OH is 1. The molecule has 1 aliphatic carbocycles. The smallest absolute Gasteiger partial charge is 0.164 e. The number of hydrogen-bond donors (Lipinski definition) is 2. The first-order chi connectivity index (χ1) is 7.56. The minimum absolute atomic E-state index is 0.285. The highest BCUT2D eigenvalue weighted by Gasteiger charge is 2.58. The molecule has 4 nitrogen and oxygen atoms in total. The summed E-state index contributed by atoms with van der Waals surface area (Å²) in [7, 11) is 0. The molecule has 1 aliphatic heterocycles.